The molecule has 0 radical (unpaired) electrons. The van der Waals surface area contributed by atoms with Gasteiger partial charge < -0.3 is 4.90 Å². The highest BCUT2D eigenvalue weighted by atomic mass is 16.2. The molecule has 1 aromatic rings. The summed E-state index contributed by atoms with van der Waals surface area (Å²) >= 11 is 0. The van der Waals surface area contributed by atoms with E-state index in [2.05, 4.69) is 0 Å². The smallest absolute Gasteiger partial charge is 0.219 e. The van der Waals surface area contributed by atoms with Gasteiger partial charge in [0.25, 0.3) is 0 Å². The van der Waals surface area contributed by atoms with Crippen LogP contribution in [0.4, 0.5) is 0 Å². The van der Waals surface area contributed by atoms with Crippen molar-refractivity contribution in [3.63, 3.8) is 0 Å². The molecule has 0 bridgehead atoms. The Hall–Kier alpha value is -1.64. The van der Waals surface area contributed by atoms with Crippen LogP contribution in [0.2, 0.25) is 0 Å². The van der Waals surface area contributed by atoms with E-state index >= 15 is 0 Å². The van der Waals surface area contributed by atoms with Gasteiger partial charge in [-0.05, 0) is 5.56 Å². The van der Waals surface area contributed by atoms with E-state index in [1.807, 2.05) is 29.2 Å². The van der Waals surface area contributed by atoms with Gasteiger partial charge in [-0.2, -0.15) is 0 Å². The normalized spacial score (nSPS) is 15.9. The van der Waals surface area contributed by atoms with Gasteiger partial charge in [-0.1, -0.05) is 24.3 Å². The number of carbonyl (C=O) groups excluding carboxylic acids is 2. The fourth-order valence-electron chi connectivity index (χ4n) is 1.79. The lowest BCUT2D eigenvalue weighted by Crippen LogP contribution is -2.47. The number of likely N-dealkylation sites (tertiary alicyclic amines) is 1. The number of rotatable bonds is 2. The van der Waals surface area contributed by atoms with Crippen LogP contribution in [0.25, 0.3) is 0 Å². The van der Waals surface area contributed by atoms with E-state index in [1.54, 1.807) is 6.92 Å². The van der Waals surface area contributed by atoms with Crippen LogP contribution in [0.15, 0.2) is 24.3 Å². The van der Waals surface area contributed by atoms with Crippen molar-refractivity contribution in [1.29, 1.82) is 0 Å². The molecule has 1 amide bonds. The summed E-state index contributed by atoms with van der Waals surface area (Å²) in [5.74, 6) is 0.574. The van der Waals surface area contributed by atoms with E-state index in [9.17, 15) is 9.59 Å². The van der Waals surface area contributed by atoms with Crippen LogP contribution >= 0.6 is 0 Å². The number of hydrogen-bond donors (Lipinski definition) is 0. The summed E-state index contributed by atoms with van der Waals surface area (Å²) < 4.78 is 0. The summed E-state index contributed by atoms with van der Waals surface area (Å²) in [7, 11) is 0. The standard InChI is InChI=1S/C12H13NO2/c1-9(15)13-6-12(7-13)11-4-2-10(8-14)3-5-11/h2-5,8,12H,6-7H2,1H3. The highest BCUT2D eigenvalue weighted by Crippen LogP contribution is 2.26. The molecule has 15 heavy (non-hydrogen) atoms. The lowest BCUT2D eigenvalue weighted by atomic mass is 9.91. The predicted molar refractivity (Wildman–Crippen MR) is 56.8 cm³/mol. The summed E-state index contributed by atoms with van der Waals surface area (Å²) in [5, 5.41) is 0. The molecule has 1 aliphatic heterocycles. The Morgan fingerprint density at radius 1 is 1.33 bits per heavy atom. The van der Waals surface area contributed by atoms with Crippen LogP contribution < -0.4 is 0 Å². The van der Waals surface area contributed by atoms with Crippen molar-refractivity contribution in [2.24, 2.45) is 0 Å². The van der Waals surface area contributed by atoms with Gasteiger partial charge in [0, 0.05) is 31.5 Å². The fraction of sp³-hybridized carbons (Fsp3) is 0.333. The van der Waals surface area contributed by atoms with Gasteiger partial charge in [0.15, 0.2) is 0 Å². The van der Waals surface area contributed by atoms with Gasteiger partial charge in [-0.15, -0.1) is 0 Å². The van der Waals surface area contributed by atoms with Gasteiger partial charge in [-0.3, -0.25) is 9.59 Å². The molecule has 0 saturated carbocycles. The Morgan fingerprint density at radius 3 is 2.40 bits per heavy atom. The van der Waals surface area contributed by atoms with Gasteiger partial charge in [-0.25, -0.2) is 0 Å². The molecule has 1 fully saturated rings. The summed E-state index contributed by atoms with van der Waals surface area (Å²) in [6.07, 6.45) is 0.840. The van der Waals surface area contributed by atoms with Crippen molar-refractivity contribution in [2.45, 2.75) is 12.8 Å². The lowest BCUT2D eigenvalue weighted by Gasteiger charge is -2.39. The zero-order valence-corrected chi connectivity index (χ0v) is 8.64. The maximum Gasteiger partial charge on any atom is 0.219 e. The van der Waals surface area contributed by atoms with E-state index in [-0.39, 0.29) is 5.91 Å². The summed E-state index contributed by atoms with van der Waals surface area (Å²) in [6.45, 7) is 3.19. The van der Waals surface area contributed by atoms with Crippen molar-refractivity contribution >= 4 is 12.2 Å². The third kappa shape index (κ3) is 1.91. The Bertz CT molecular complexity index is 377. The highest BCUT2D eigenvalue weighted by molar-refractivity contribution is 5.75. The van der Waals surface area contributed by atoms with Gasteiger partial charge in [0.1, 0.15) is 6.29 Å². The van der Waals surface area contributed by atoms with E-state index in [0.717, 1.165) is 19.4 Å². The monoisotopic (exact) mass is 203 g/mol. The van der Waals surface area contributed by atoms with Crippen LogP contribution in [0.1, 0.15) is 28.8 Å². The summed E-state index contributed by atoms with van der Waals surface area (Å²) in [6, 6.07) is 7.56. The van der Waals surface area contributed by atoms with Crippen LogP contribution in [-0.4, -0.2) is 30.2 Å². The van der Waals surface area contributed by atoms with Gasteiger partial charge in [0.2, 0.25) is 5.91 Å². The second-order valence-corrected chi connectivity index (χ2v) is 3.91. The summed E-state index contributed by atoms with van der Waals surface area (Å²) in [5.41, 5.74) is 1.90. The number of hydrogen-bond acceptors (Lipinski definition) is 2. The van der Waals surface area contributed by atoms with Crippen molar-refractivity contribution in [3.8, 4) is 0 Å². The molecule has 0 aliphatic carbocycles. The molecule has 3 heteroatoms. The molecule has 3 nitrogen and oxygen atoms in total. The number of amides is 1. The van der Waals surface area contributed by atoms with E-state index in [4.69, 9.17) is 0 Å². The molecule has 0 N–H and O–H groups in total. The summed E-state index contributed by atoms with van der Waals surface area (Å²) in [4.78, 5) is 23.3. The number of nitrogens with zero attached hydrogens (tertiary/aromatic N) is 1. The maximum atomic E-state index is 11.0. The Labute approximate surface area is 88.7 Å². The maximum absolute atomic E-state index is 11.0. The molecule has 1 aromatic carbocycles. The minimum absolute atomic E-state index is 0.135. The third-order valence-electron chi connectivity index (χ3n) is 2.87. The van der Waals surface area contributed by atoms with Crippen molar-refractivity contribution in [2.75, 3.05) is 13.1 Å². The van der Waals surface area contributed by atoms with Crippen molar-refractivity contribution < 1.29 is 9.59 Å². The average molecular weight is 203 g/mol. The molecule has 0 aromatic heterocycles. The first-order valence-corrected chi connectivity index (χ1v) is 5.01. The van der Waals surface area contributed by atoms with Crippen LogP contribution in [0.3, 0.4) is 0 Å². The molecule has 1 aliphatic rings. The first kappa shape index (κ1) is 9.90. The molecular weight excluding hydrogens is 190 g/mol. The topological polar surface area (TPSA) is 37.4 Å². The average Bonchev–Trinajstić information content (AvgIpc) is 2.16. The molecule has 78 valence electrons. The van der Waals surface area contributed by atoms with Crippen LogP contribution in [-0.2, 0) is 4.79 Å². The quantitative estimate of drug-likeness (QED) is 0.682. The highest BCUT2D eigenvalue weighted by Gasteiger charge is 2.29. The van der Waals surface area contributed by atoms with Crippen LogP contribution in [0.5, 0.6) is 0 Å². The van der Waals surface area contributed by atoms with Crippen molar-refractivity contribution in [1.82, 2.24) is 4.90 Å². The second kappa shape index (κ2) is 3.85. The van der Waals surface area contributed by atoms with E-state index in [0.29, 0.717) is 11.5 Å². The zero-order valence-electron chi connectivity index (χ0n) is 8.64. The zero-order chi connectivity index (χ0) is 10.8. The minimum atomic E-state index is 0.135. The second-order valence-electron chi connectivity index (χ2n) is 3.91. The first-order chi connectivity index (χ1) is 7.20. The Kier molecular flexibility index (Phi) is 2.54. The number of carbonyl (C=O) groups is 2. The molecular formula is C12H13NO2. The predicted octanol–water partition coefficient (Wildman–Crippen LogP) is 1.44. The SMILES string of the molecule is CC(=O)N1CC(c2ccc(C=O)cc2)C1. The molecule has 2 rings (SSSR count). The molecule has 0 unspecified atom stereocenters. The van der Waals surface area contributed by atoms with Crippen LogP contribution in [0, 0.1) is 0 Å². The molecule has 0 atom stereocenters. The minimum Gasteiger partial charge on any atom is -0.342 e. The van der Waals surface area contributed by atoms with Gasteiger partial charge >= 0.3 is 0 Å². The number of aldehydes is 1. The number of benzene rings is 1. The van der Waals surface area contributed by atoms with E-state index < -0.39 is 0 Å². The molecule has 1 saturated heterocycles. The third-order valence-corrected chi connectivity index (χ3v) is 2.87. The Morgan fingerprint density at radius 2 is 1.93 bits per heavy atom. The fourth-order valence-corrected chi connectivity index (χ4v) is 1.79. The Balaban J connectivity index is 2.01. The lowest BCUT2D eigenvalue weighted by molar-refractivity contribution is -0.133. The molecule has 1 heterocycles. The van der Waals surface area contributed by atoms with E-state index in [1.165, 1.54) is 5.56 Å². The molecule has 0 spiro atoms. The van der Waals surface area contributed by atoms with Crippen molar-refractivity contribution in [3.05, 3.63) is 35.4 Å². The van der Waals surface area contributed by atoms with Gasteiger partial charge in [0.05, 0.1) is 0 Å². The first-order valence-electron chi connectivity index (χ1n) is 5.01. The largest absolute Gasteiger partial charge is 0.342 e.